The molecule has 18 heavy (non-hydrogen) atoms. The van der Waals surface area contributed by atoms with Gasteiger partial charge in [0.2, 0.25) is 0 Å². The van der Waals surface area contributed by atoms with Crippen molar-refractivity contribution in [3.8, 4) is 0 Å². The number of halogens is 1. The van der Waals surface area contributed by atoms with Crippen LogP contribution in [0.25, 0.3) is 0 Å². The molecule has 1 heterocycles. The highest BCUT2D eigenvalue weighted by Gasteiger charge is 2.15. The molecule has 1 aromatic rings. The van der Waals surface area contributed by atoms with Crippen molar-refractivity contribution < 1.29 is 9.53 Å². The van der Waals surface area contributed by atoms with E-state index in [1.54, 1.807) is 6.07 Å². The minimum atomic E-state index is -0.446. The van der Waals surface area contributed by atoms with E-state index in [9.17, 15) is 4.79 Å². The third kappa shape index (κ3) is 3.22. The Kier molecular flexibility index (Phi) is 4.57. The minimum absolute atomic E-state index is 0.249. The Morgan fingerprint density at radius 2 is 2.44 bits per heavy atom. The smallest absolute Gasteiger partial charge is 0.251 e. The maximum Gasteiger partial charge on any atom is 0.251 e. The maximum atomic E-state index is 11.4. The average Bonchev–Trinajstić information content (AvgIpc) is 2.37. The lowest BCUT2D eigenvalue weighted by Gasteiger charge is -2.24. The molecule has 1 unspecified atom stereocenters. The van der Waals surface area contributed by atoms with Crippen molar-refractivity contribution >= 4 is 27.5 Å². The Morgan fingerprint density at radius 3 is 3.11 bits per heavy atom. The van der Waals surface area contributed by atoms with Gasteiger partial charge in [-0.2, -0.15) is 0 Å². The molecule has 1 aliphatic heterocycles. The van der Waals surface area contributed by atoms with Crippen molar-refractivity contribution in [1.82, 2.24) is 5.32 Å². The molecule has 98 valence electrons. The summed E-state index contributed by atoms with van der Waals surface area (Å²) < 4.78 is 6.07. The van der Waals surface area contributed by atoms with Gasteiger partial charge in [-0.15, -0.1) is 0 Å². The molecule has 4 N–H and O–H groups in total. The molecule has 1 aliphatic rings. The second kappa shape index (κ2) is 6.17. The third-order valence-electron chi connectivity index (χ3n) is 2.80. The second-order valence-electron chi connectivity index (χ2n) is 4.13. The van der Waals surface area contributed by atoms with Crippen LogP contribution in [0.2, 0.25) is 0 Å². The van der Waals surface area contributed by atoms with Crippen LogP contribution in [-0.4, -0.2) is 38.3 Å². The third-order valence-corrected chi connectivity index (χ3v) is 3.46. The Balaban J connectivity index is 2.04. The van der Waals surface area contributed by atoms with E-state index in [1.165, 1.54) is 0 Å². The van der Waals surface area contributed by atoms with Crippen molar-refractivity contribution in [2.75, 3.05) is 31.6 Å². The van der Waals surface area contributed by atoms with Crippen molar-refractivity contribution in [3.63, 3.8) is 0 Å². The molecule has 1 amide bonds. The SMILES string of the molecule is NC(=O)c1c(Br)cccc1NCC1COCCN1. The van der Waals surface area contributed by atoms with Crippen LogP contribution < -0.4 is 16.4 Å². The topological polar surface area (TPSA) is 76.4 Å². The summed E-state index contributed by atoms with van der Waals surface area (Å²) in [6.45, 7) is 2.97. The quantitative estimate of drug-likeness (QED) is 0.773. The van der Waals surface area contributed by atoms with Crippen LogP contribution in [0, 0.1) is 0 Å². The van der Waals surface area contributed by atoms with Gasteiger partial charge in [-0.05, 0) is 28.1 Å². The van der Waals surface area contributed by atoms with Gasteiger partial charge in [-0.3, -0.25) is 4.79 Å². The zero-order valence-electron chi connectivity index (χ0n) is 9.91. The van der Waals surface area contributed by atoms with Crippen LogP contribution in [0.15, 0.2) is 22.7 Å². The molecule has 2 rings (SSSR count). The molecular formula is C12H16BrN3O2. The molecule has 0 spiro atoms. The average molecular weight is 314 g/mol. The number of nitrogens with two attached hydrogens (primary N) is 1. The predicted octanol–water partition coefficient (Wildman–Crippen LogP) is 0.948. The van der Waals surface area contributed by atoms with Crippen molar-refractivity contribution in [3.05, 3.63) is 28.2 Å². The number of amides is 1. The number of carbonyl (C=O) groups excluding carboxylic acids is 1. The maximum absolute atomic E-state index is 11.4. The van der Waals surface area contributed by atoms with E-state index < -0.39 is 5.91 Å². The lowest BCUT2D eigenvalue weighted by atomic mass is 10.1. The summed E-state index contributed by atoms with van der Waals surface area (Å²) in [5.74, 6) is -0.446. The molecule has 0 radical (unpaired) electrons. The summed E-state index contributed by atoms with van der Waals surface area (Å²) in [5.41, 5.74) is 6.60. The van der Waals surface area contributed by atoms with Gasteiger partial charge in [-0.25, -0.2) is 0 Å². The Hall–Kier alpha value is -1.11. The van der Waals surface area contributed by atoms with E-state index in [0.29, 0.717) is 23.2 Å². The lowest BCUT2D eigenvalue weighted by Crippen LogP contribution is -2.45. The van der Waals surface area contributed by atoms with E-state index in [4.69, 9.17) is 10.5 Å². The highest BCUT2D eigenvalue weighted by molar-refractivity contribution is 9.10. The number of ether oxygens (including phenoxy) is 1. The molecule has 0 bridgehead atoms. The molecule has 1 aromatic carbocycles. The first-order valence-electron chi connectivity index (χ1n) is 5.82. The summed E-state index contributed by atoms with van der Waals surface area (Å²) in [6, 6.07) is 5.75. The fourth-order valence-electron chi connectivity index (χ4n) is 1.91. The van der Waals surface area contributed by atoms with Crippen LogP contribution in [-0.2, 0) is 4.74 Å². The first-order chi connectivity index (χ1) is 8.68. The van der Waals surface area contributed by atoms with Gasteiger partial charge in [0.1, 0.15) is 0 Å². The Morgan fingerprint density at radius 1 is 1.61 bits per heavy atom. The largest absolute Gasteiger partial charge is 0.383 e. The summed E-state index contributed by atoms with van der Waals surface area (Å²) in [4.78, 5) is 11.4. The van der Waals surface area contributed by atoms with E-state index in [0.717, 1.165) is 18.8 Å². The standard InChI is InChI=1S/C12H16BrN3O2/c13-9-2-1-3-10(11(9)12(14)17)16-6-8-7-18-5-4-15-8/h1-3,8,15-16H,4-7H2,(H2,14,17). The number of primary amides is 1. The van der Waals surface area contributed by atoms with Gasteiger partial charge < -0.3 is 21.1 Å². The lowest BCUT2D eigenvalue weighted by molar-refractivity contribution is 0.0806. The zero-order valence-corrected chi connectivity index (χ0v) is 11.5. The number of rotatable bonds is 4. The van der Waals surface area contributed by atoms with E-state index >= 15 is 0 Å². The molecule has 1 fully saturated rings. The van der Waals surface area contributed by atoms with Gasteiger partial charge in [0.05, 0.1) is 18.8 Å². The normalized spacial score (nSPS) is 19.5. The van der Waals surface area contributed by atoms with Crippen LogP contribution in [0.5, 0.6) is 0 Å². The molecule has 5 nitrogen and oxygen atoms in total. The zero-order chi connectivity index (χ0) is 13.0. The first kappa shape index (κ1) is 13.3. The molecule has 1 atom stereocenters. The number of hydrogen-bond acceptors (Lipinski definition) is 4. The number of morpholine rings is 1. The minimum Gasteiger partial charge on any atom is -0.383 e. The molecule has 0 aromatic heterocycles. The molecular weight excluding hydrogens is 298 g/mol. The van der Waals surface area contributed by atoms with Crippen LogP contribution >= 0.6 is 15.9 Å². The fourth-order valence-corrected chi connectivity index (χ4v) is 2.47. The highest BCUT2D eigenvalue weighted by atomic mass is 79.9. The van der Waals surface area contributed by atoms with E-state index in [1.807, 2.05) is 12.1 Å². The number of carbonyl (C=O) groups is 1. The summed E-state index contributed by atoms with van der Waals surface area (Å²) in [5, 5.41) is 6.57. The summed E-state index contributed by atoms with van der Waals surface area (Å²) >= 11 is 3.33. The predicted molar refractivity (Wildman–Crippen MR) is 73.8 cm³/mol. The van der Waals surface area contributed by atoms with Gasteiger partial charge >= 0.3 is 0 Å². The summed E-state index contributed by atoms with van der Waals surface area (Å²) in [6.07, 6.45) is 0. The Labute approximate surface area is 114 Å². The molecule has 1 saturated heterocycles. The molecule has 0 aliphatic carbocycles. The van der Waals surface area contributed by atoms with E-state index in [-0.39, 0.29) is 6.04 Å². The number of hydrogen-bond donors (Lipinski definition) is 3. The van der Waals surface area contributed by atoms with E-state index in [2.05, 4.69) is 26.6 Å². The van der Waals surface area contributed by atoms with Gasteiger partial charge in [0.25, 0.3) is 5.91 Å². The van der Waals surface area contributed by atoms with Crippen LogP contribution in [0.3, 0.4) is 0 Å². The van der Waals surface area contributed by atoms with Gasteiger partial charge in [0, 0.05) is 29.3 Å². The number of benzene rings is 1. The number of anilines is 1. The van der Waals surface area contributed by atoms with Crippen LogP contribution in [0.1, 0.15) is 10.4 Å². The Bertz CT molecular complexity index is 433. The number of nitrogens with one attached hydrogen (secondary N) is 2. The monoisotopic (exact) mass is 313 g/mol. The van der Waals surface area contributed by atoms with Crippen molar-refractivity contribution in [2.45, 2.75) is 6.04 Å². The van der Waals surface area contributed by atoms with Gasteiger partial charge in [0.15, 0.2) is 0 Å². The fraction of sp³-hybridized carbons (Fsp3) is 0.417. The van der Waals surface area contributed by atoms with Crippen molar-refractivity contribution in [2.24, 2.45) is 5.73 Å². The molecule has 0 saturated carbocycles. The molecule has 6 heteroatoms. The first-order valence-corrected chi connectivity index (χ1v) is 6.61. The van der Waals surface area contributed by atoms with Crippen LogP contribution in [0.4, 0.5) is 5.69 Å². The van der Waals surface area contributed by atoms with Gasteiger partial charge in [-0.1, -0.05) is 6.07 Å². The second-order valence-corrected chi connectivity index (χ2v) is 4.99. The van der Waals surface area contributed by atoms with Crippen molar-refractivity contribution in [1.29, 1.82) is 0 Å². The highest BCUT2D eigenvalue weighted by Crippen LogP contribution is 2.24. The summed E-state index contributed by atoms with van der Waals surface area (Å²) in [7, 11) is 0.